The highest BCUT2D eigenvalue weighted by Gasteiger charge is 2.14. The Morgan fingerprint density at radius 2 is 2.31 bits per heavy atom. The van der Waals surface area contributed by atoms with Crippen molar-refractivity contribution in [1.82, 2.24) is 5.32 Å². The predicted molar refractivity (Wildman–Crippen MR) is 69.0 cm³/mol. The van der Waals surface area contributed by atoms with Crippen LogP contribution in [0.2, 0.25) is 0 Å². The van der Waals surface area contributed by atoms with Crippen molar-refractivity contribution in [1.29, 1.82) is 0 Å². The monoisotopic (exact) mass is 239 g/mol. The Morgan fingerprint density at radius 3 is 3.00 bits per heavy atom. The summed E-state index contributed by atoms with van der Waals surface area (Å²) in [6.45, 7) is 5.31. The van der Waals surface area contributed by atoms with Gasteiger partial charge in [-0.05, 0) is 43.2 Å². The molecular formula is C13H21NOS. The summed E-state index contributed by atoms with van der Waals surface area (Å²) in [4.78, 5) is 1.50. The minimum absolute atomic E-state index is 0.680. The average Bonchev–Trinajstić information content (AvgIpc) is 2.81. The first-order valence-electron chi connectivity index (χ1n) is 6.18. The predicted octanol–water partition coefficient (Wildman–Crippen LogP) is 2.70. The van der Waals surface area contributed by atoms with Crippen molar-refractivity contribution < 1.29 is 4.74 Å². The lowest BCUT2D eigenvalue weighted by atomic mass is 10.0. The van der Waals surface area contributed by atoms with Crippen LogP contribution in [0.4, 0.5) is 0 Å². The normalized spacial score (nSPS) is 19.8. The molecule has 0 aromatic carbocycles. The fourth-order valence-corrected chi connectivity index (χ4v) is 2.98. The van der Waals surface area contributed by atoms with Crippen LogP contribution in [0.3, 0.4) is 0 Å². The molecule has 0 spiro atoms. The molecule has 1 aliphatic heterocycles. The Kier molecular flexibility index (Phi) is 4.82. The van der Waals surface area contributed by atoms with E-state index in [1.807, 2.05) is 11.3 Å². The fourth-order valence-electron chi connectivity index (χ4n) is 2.11. The molecule has 1 saturated heterocycles. The molecule has 16 heavy (non-hydrogen) atoms. The van der Waals surface area contributed by atoms with Gasteiger partial charge in [-0.2, -0.15) is 0 Å². The second-order valence-corrected chi connectivity index (χ2v) is 5.72. The molecular weight excluding hydrogens is 218 g/mol. The van der Waals surface area contributed by atoms with E-state index in [4.69, 9.17) is 4.74 Å². The molecule has 1 aromatic rings. The Morgan fingerprint density at radius 1 is 1.50 bits per heavy atom. The first-order chi connectivity index (χ1) is 7.84. The molecule has 2 heterocycles. The van der Waals surface area contributed by atoms with E-state index in [-0.39, 0.29) is 0 Å². The van der Waals surface area contributed by atoms with Gasteiger partial charge in [0.15, 0.2) is 0 Å². The Bertz CT molecular complexity index is 280. The summed E-state index contributed by atoms with van der Waals surface area (Å²) in [5.74, 6) is 0.724. The molecule has 1 aliphatic rings. The van der Waals surface area contributed by atoms with Gasteiger partial charge in [-0.15, -0.1) is 11.3 Å². The molecule has 0 bridgehead atoms. The van der Waals surface area contributed by atoms with Crippen molar-refractivity contribution in [3.8, 4) is 0 Å². The largest absolute Gasteiger partial charge is 0.381 e. The molecule has 0 saturated carbocycles. The van der Waals surface area contributed by atoms with Crippen molar-refractivity contribution in [2.24, 2.45) is 5.92 Å². The quantitative estimate of drug-likeness (QED) is 0.853. The van der Waals surface area contributed by atoms with E-state index in [0.29, 0.717) is 6.04 Å². The zero-order chi connectivity index (χ0) is 11.2. The third-order valence-electron chi connectivity index (χ3n) is 3.11. The average molecular weight is 239 g/mol. The van der Waals surface area contributed by atoms with Gasteiger partial charge in [-0.25, -0.2) is 0 Å². The Balaban J connectivity index is 1.65. The highest BCUT2D eigenvalue weighted by molar-refractivity contribution is 7.09. The van der Waals surface area contributed by atoms with E-state index in [9.17, 15) is 0 Å². The summed E-state index contributed by atoms with van der Waals surface area (Å²) in [7, 11) is 0. The Labute approximate surface area is 102 Å². The van der Waals surface area contributed by atoms with Crippen molar-refractivity contribution >= 4 is 11.3 Å². The third kappa shape index (κ3) is 3.89. The second kappa shape index (κ2) is 6.38. The van der Waals surface area contributed by atoms with Gasteiger partial charge < -0.3 is 10.1 Å². The number of hydrogen-bond acceptors (Lipinski definition) is 3. The molecule has 0 radical (unpaired) electrons. The zero-order valence-electron chi connectivity index (χ0n) is 9.95. The molecule has 1 atom stereocenters. The van der Waals surface area contributed by atoms with Crippen LogP contribution in [0.1, 0.15) is 24.6 Å². The third-order valence-corrected chi connectivity index (χ3v) is 4.00. The van der Waals surface area contributed by atoms with E-state index < -0.39 is 0 Å². The molecule has 1 unspecified atom stereocenters. The second-order valence-electron chi connectivity index (χ2n) is 4.68. The summed E-state index contributed by atoms with van der Waals surface area (Å²) < 4.78 is 5.35. The van der Waals surface area contributed by atoms with Crippen molar-refractivity contribution in [3.63, 3.8) is 0 Å². The van der Waals surface area contributed by atoms with E-state index in [2.05, 4.69) is 29.8 Å². The first-order valence-corrected chi connectivity index (χ1v) is 7.06. The van der Waals surface area contributed by atoms with Crippen LogP contribution in [0.15, 0.2) is 17.5 Å². The number of ether oxygens (including phenoxy) is 1. The number of nitrogens with one attached hydrogen (secondary N) is 1. The number of rotatable bonds is 5. The molecule has 1 aromatic heterocycles. The SMILES string of the molecule is CC(CNC1CCOCC1)Cc1cccs1. The van der Waals surface area contributed by atoms with Crippen LogP contribution in [0.25, 0.3) is 0 Å². The molecule has 1 N–H and O–H groups in total. The summed E-state index contributed by atoms with van der Waals surface area (Å²) >= 11 is 1.86. The lowest BCUT2D eigenvalue weighted by molar-refractivity contribution is 0.0771. The van der Waals surface area contributed by atoms with E-state index in [1.54, 1.807) is 0 Å². The zero-order valence-corrected chi connectivity index (χ0v) is 10.8. The van der Waals surface area contributed by atoms with Gasteiger partial charge in [0, 0.05) is 24.1 Å². The van der Waals surface area contributed by atoms with Crippen LogP contribution < -0.4 is 5.32 Å². The first kappa shape index (κ1) is 12.1. The molecule has 0 amide bonds. The van der Waals surface area contributed by atoms with Crippen molar-refractivity contribution in [3.05, 3.63) is 22.4 Å². The highest BCUT2D eigenvalue weighted by Crippen LogP contribution is 2.14. The van der Waals surface area contributed by atoms with Crippen LogP contribution >= 0.6 is 11.3 Å². The summed E-state index contributed by atoms with van der Waals surface area (Å²) in [5, 5.41) is 5.82. The summed E-state index contributed by atoms with van der Waals surface area (Å²) in [6, 6.07) is 5.05. The van der Waals surface area contributed by atoms with Gasteiger partial charge in [0.1, 0.15) is 0 Å². The molecule has 1 fully saturated rings. The van der Waals surface area contributed by atoms with Crippen LogP contribution in [-0.4, -0.2) is 25.8 Å². The fraction of sp³-hybridized carbons (Fsp3) is 0.692. The summed E-state index contributed by atoms with van der Waals surface area (Å²) in [5.41, 5.74) is 0. The van der Waals surface area contributed by atoms with Gasteiger partial charge in [0.05, 0.1) is 0 Å². The topological polar surface area (TPSA) is 21.3 Å². The van der Waals surface area contributed by atoms with Gasteiger partial charge in [0.2, 0.25) is 0 Å². The standard InChI is InChI=1S/C13H21NOS/c1-11(9-13-3-2-8-16-13)10-14-12-4-6-15-7-5-12/h2-3,8,11-12,14H,4-7,9-10H2,1H3. The smallest absolute Gasteiger partial charge is 0.0480 e. The molecule has 2 rings (SSSR count). The Hall–Kier alpha value is -0.380. The lowest BCUT2D eigenvalue weighted by Gasteiger charge is -2.24. The van der Waals surface area contributed by atoms with Gasteiger partial charge in [-0.1, -0.05) is 13.0 Å². The van der Waals surface area contributed by atoms with Gasteiger partial charge >= 0.3 is 0 Å². The number of thiophene rings is 1. The minimum Gasteiger partial charge on any atom is -0.381 e. The van der Waals surface area contributed by atoms with E-state index in [0.717, 1.165) is 25.7 Å². The van der Waals surface area contributed by atoms with Crippen LogP contribution in [0, 0.1) is 5.92 Å². The molecule has 0 aliphatic carbocycles. The van der Waals surface area contributed by atoms with E-state index >= 15 is 0 Å². The lowest BCUT2D eigenvalue weighted by Crippen LogP contribution is -2.37. The molecule has 90 valence electrons. The van der Waals surface area contributed by atoms with Crippen molar-refractivity contribution in [2.45, 2.75) is 32.2 Å². The van der Waals surface area contributed by atoms with Crippen molar-refractivity contribution in [2.75, 3.05) is 19.8 Å². The molecule has 2 nitrogen and oxygen atoms in total. The maximum absolute atomic E-state index is 5.35. The molecule has 3 heteroatoms. The van der Waals surface area contributed by atoms with Crippen LogP contribution in [-0.2, 0) is 11.2 Å². The maximum atomic E-state index is 5.35. The van der Waals surface area contributed by atoms with E-state index in [1.165, 1.54) is 24.1 Å². The summed E-state index contributed by atoms with van der Waals surface area (Å²) in [6.07, 6.45) is 3.55. The maximum Gasteiger partial charge on any atom is 0.0480 e. The highest BCUT2D eigenvalue weighted by atomic mass is 32.1. The van der Waals surface area contributed by atoms with Gasteiger partial charge in [0.25, 0.3) is 0 Å². The number of hydrogen-bond donors (Lipinski definition) is 1. The van der Waals surface area contributed by atoms with Crippen LogP contribution in [0.5, 0.6) is 0 Å². The minimum atomic E-state index is 0.680. The van der Waals surface area contributed by atoms with Gasteiger partial charge in [-0.3, -0.25) is 0 Å².